The molecule has 0 spiro atoms. The molecule has 6 aromatic rings. The van der Waals surface area contributed by atoms with Gasteiger partial charge >= 0.3 is 21.0 Å². The van der Waals surface area contributed by atoms with Crippen molar-refractivity contribution in [2.75, 3.05) is 82.1 Å². The largest absolute Gasteiger partial charge is 0.500 e. The van der Waals surface area contributed by atoms with Crippen LogP contribution in [0.25, 0.3) is 35.4 Å². The fraction of sp³-hybridized carbons (Fsp3) is 0.344. The molecule has 1 aliphatic rings. The normalized spacial score (nSPS) is 11.6. The highest BCUT2D eigenvalue weighted by atomic mass is 32.1. The fourth-order valence-electron chi connectivity index (χ4n) is 9.00. The van der Waals surface area contributed by atoms with E-state index in [2.05, 4.69) is 198 Å². The number of thiophene rings is 2. The Kier molecular flexibility index (Phi) is 23.3. The summed E-state index contributed by atoms with van der Waals surface area (Å²) >= 11 is 3.36. The standard InChI is InChI=1S/C64H74N4O7S2Si/c1-7-13-39-65-63(69)71-43-41-67(8-2)55-25-15-49(16-26-55)19-29-57-33-35-59(76-57)31-21-51-23-37-61-53(46-51)48-54-47-52(24-38-62(54)61)22-32-60-36-34-58(77-60)30-20-50-17-27-56(28-18-50)68(9-3)42-44-72-64(70)66-40-14-45-78(73-10-4,74-11-5)75-12-6/h15-20,23-30,33-38,46-47H,7-14,39-45,48H2,1-6H3,(H,65,69)(H,66,70)/b29-19+,30-20+. The van der Waals surface area contributed by atoms with Crippen LogP contribution in [0, 0.1) is 23.7 Å². The van der Waals surface area contributed by atoms with Crippen LogP contribution in [0.15, 0.2) is 109 Å². The monoisotopic (exact) mass is 1100 g/mol. The number of anilines is 2. The maximum Gasteiger partial charge on any atom is 0.500 e. The zero-order chi connectivity index (χ0) is 55.0. The quantitative estimate of drug-likeness (QED) is 0.0295. The Labute approximate surface area is 472 Å². The number of fused-ring (bicyclic) bond motifs is 3. The molecule has 0 aliphatic heterocycles. The van der Waals surface area contributed by atoms with Crippen molar-refractivity contribution < 1.29 is 32.3 Å². The summed E-state index contributed by atoms with van der Waals surface area (Å²) in [5.74, 6) is 13.6. The van der Waals surface area contributed by atoms with E-state index in [1.54, 1.807) is 22.7 Å². The highest BCUT2D eigenvalue weighted by Crippen LogP contribution is 2.37. The molecule has 2 aromatic heterocycles. The van der Waals surface area contributed by atoms with Crippen molar-refractivity contribution in [2.45, 2.75) is 73.3 Å². The molecule has 0 atom stereocenters. The highest BCUT2D eigenvalue weighted by Gasteiger charge is 2.39. The van der Waals surface area contributed by atoms with Gasteiger partial charge in [-0.25, -0.2) is 9.59 Å². The molecule has 14 heteroatoms. The number of alkyl carbamates (subject to hydrolysis) is 2. The van der Waals surface area contributed by atoms with E-state index < -0.39 is 14.9 Å². The summed E-state index contributed by atoms with van der Waals surface area (Å²) in [4.78, 5) is 33.1. The van der Waals surface area contributed by atoms with E-state index in [9.17, 15) is 9.59 Å². The van der Waals surface area contributed by atoms with E-state index in [-0.39, 0.29) is 12.7 Å². The summed E-state index contributed by atoms with van der Waals surface area (Å²) < 4.78 is 28.6. The SMILES string of the molecule is CCCCNC(=O)OCCN(CC)c1ccc(/C=C/c2ccc(C#Cc3ccc4c(c3)Cc3cc(C#Cc5ccc(/C=C/c6ccc(N(CC)CCOC(=O)NCCC[Si](OCC)(OCC)OCC)cc6)s5)ccc3-4)s2)cc1. The first-order chi connectivity index (χ1) is 38.1. The van der Waals surface area contributed by atoms with Gasteiger partial charge in [-0.05, 0) is 172 Å². The average molecular weight is 1100 g/mol. The Morgan fingerprint density at radius 3 is 1.42 bits per heavy atom. The second kappa shape index (κ2) is 30.9. The van der Waals surface area contributed by atoms with Crippen LogP contribution >= 0.6 is 22.7 Å². The van der Waals surface area contributed by atoms with Crippen LogP contribution in [-0.2, 0) is 29.2 Å². The summed E-state index contributed by atoms with van der Waals surface area (Å²) in [5, 5.41) is 5.64. The third kappa shape index (κ3) is 17.8. The molecular weight excluding hydrogens is 1030 g/mol. The van der Waals surface area contributed by atoms with Crippen molar-refractivity contribution in [3.8, 4) is 34.8 Å². The number of nitrogens with zero attached hydrogens (tertiary/aromatic N) is 2. The molecule has 2 N–H and O–H groups in total. The number of nitrogens with one attached hydrogen (secondary N) is 2. The number of hydrogen-bond donors (Lipinski definition) is 2. The van der Waals surface area contributed by atoms with Gasteiger partial charge in [0.15, 0.2) is 0 Å². The van der Waals surface area contributed by atoms with Gasteiger partial charge < -0.3 is 43.2 Å². The van der Waals surface area contributed by atoms with Crippen molar-refractivity contribution in [2.24, 2.45) is 0 Å². The number of carbonyl (C=O) groups is 2. The van der Waals surface area contributed by atoms with Crippen molar-refractivity contribution in [1.29, 1.82) is 0 Å². The second-order valence-corrected chi connectivity index (χ2v) is 23.4. The Hall–Kier alpha value is -6.88. The summed E-state index contributed by atoms with van der Waals surface area (Å²) in [5.41, 5.74) is 11.5. The van der Waals surface area contributed by atoms with Gasteiger partial charge in [0, 0.05) is 84.3 Å². The van der Waals surface area contributed by atoms with Gasteiger partial charge in [0.05, 0.1) is 22.8 Å². The number of benzene rings is 4. The molecule has 0 unspecified atom stereocenters. The first kappa shape index (κ1) is 58.8. The first-order valence-electron chi connectivity index (χ1n) is 27.4. The van der Waals surface area contributed by atoms with E-state index >= 15 is 0 Å². The van der Waals surface area contributed by atoms with Gasteiger partial charge in [0.1, 0.15) is 13.2 Å². The number of unbranched alkanes of at least 4 members (excludes halogenated alkanes) is 1. The fourth-order valence-corrected chi connectivity index (χ4v) is 13.1. The minimum absolute atomic E-state index is 0.276. The summed E-state index contributed by atoms with van der Waals surface area (Å²) in [6.45, 7) is 18.2. The van der Waals surface area contributed by atoms with Crippen LogP contribution in [0.3, 0.4) is 0 Å². The van der Waals surface area contributed by atoms with E-state index in [0.29, 0.717) is 65.1 Å². The topological polar surface area (TPSA) is 111 Å². The van der Waals surface area contributed by atoms with Crippen LogP contribution in [0.2, 0.25) is 6.04 Å². The van der Waals surface area contributed by atoms with Crippen molar-refractivity contribution in [1.82, 2.24) is 10.6 Å². The molecule has 0 saturated heterocycles. The predicted octanol–water partition coefficient (Wildman–Crippen LogP) is 13.9. The number of carbonyl (C=O) groups excluding carboxylic acids is 2. The zero-order valence-corrected chi connectivity index (χ0v) is 48.7. The molecule has 1 aliphatic carbocycles. The number of amides is 2. The van der Waals surface area contributed by atoms with Crippen LogP contribution in [-0.4, -0.2) is 93.3 Å². The van der Waals surface area contributed by atoms with Crippen molar-refractivity contribution in [3.63, 3.8) is 0 Å². The molecule has 7 rings (SSSR count). The van der Waals surface area contributed by atoms with Crippen molar-refractivity contribution in [3.05, 3.63) is 162 Å². The number of likely N-dealkylation sites (N-methyl/N-ethyl adjacent to an activating group) is 2. The minimum atomic E-state index is -2.73. The van der Waals surface area contributed by atoms with Gasteiger partial charge in [-0.1, -0.05) is 85.6 Å². The third-order valence-corrected chi connectivity index (χ3v) is 18.0. The van der Waals surface area contributed by atoms with Crippen LogP contribution in [0.4, 0.5) is 21.0 Å². The van der Waals surface area contributed by atoms with E-state index in [4.69, 9.17) is 22.8 Å². The molecular formula is C64H74N4O7S2Si. The third-order valence-electron chi connectivity index (χ3n) is 13.0. The molecule has 2 heterocycles. The molecule has 78 heavy (non-hydrogen) atoms. The van der Waals surface area contributed by atoms with Gasteiger partial charge in [0.2, 0.25) is 0 Å². The Balaban J connectivity index is 0.841. The van der Waals surface area contributed by atoms with Crippen molar-refractivity contribution >= 4 is 79.3 Å². The number of rotatable bonds is 27. The van der Waals surface area contributed by atoms with Crippen LogP contribution in [0.5, 0.6) is 0 Å². The molecule has 4 aromatic carbocycles. The van der Waals surface area contributed by atoms with Gasteiger partial charge in [-0.3, -0.25) is 0 Å². The lowest BCUT2D eigenvalue weighted by Crippen LogP contribution is -2.46. The molecule has 2 amide bonds. The summed E-state index contributed by atoms with van der Waals surface area (Å²) in [6, 6.07) is 39.0. The molecule has 0 bridgehead atoms. The lowest BCUT2D eigenvalue weighted by atomic mass is 10.0. The first-order valence-corrected chi connectivity index (χ1v) is 31.0. The lowest BCUT2D eigenvalue weighted by Gasteiger charge is -2.28. The zero-order valence-electron chi connectivity index (χ0n) is 46.1. The molecule has 0 fully saturated rings. The molecule has 408 valence electrons. The average Bonchev–Trinajstić information content (AvgIpc) is 4.22. The molecule has 11 nitrogen and oxygen atoms in total. The summed E-state index contributed by atoms with van der Waals surface area (Å²) in [7, 11) is -2.73. The smallest absolute Gasteiger partial charge is 0.448 e. The highest BCUT2D eigenvalue weighted by molar-refractivity contribution is 7.13. The predicted molar refractivity (Wildman–Crippen MR) is 325 cm³/mol. The van der Waals surface area contributed by atoms with Crippen LogP contribution in [0.1, 0.15) is 114 Å². The van der Waals surface area contributed by atoms with E-state index in [1.165, 1.54) is 22.3 Å². The maximum absolute atomic E-state index is 12.4. The molecule has 0 saturated carbocycles. The minimum Gasteiger partial charge on any atom is -0.448 e. The second-order valence-electron chi connectivity index (χ2n) is 18.4. The Bertz CT molecular complexity index is 3050. The summed E-state index contributed by atoms with van der Waals surface area (Å²) in [6.07, 6.45) is 11.2. The van der Waals surface area contributed by atoms with E-state index in [0.717, 1.165) is 85.5 Å². The lowest BCUT2D eigenvalue weighted by molar-refractivity contribution is 0.0706. The van der Waals surface area contributed by atoms with Crippen LogP contribution < -0.4 is 20.4 Å². The van der Waals surface area contributed by atoms with E-state index in [1.807, 2.05) is 20.8 Å². The maximum atomic E-state index is 12.4. The number of hydrogen-bond acceptors (Lipinski definition) is 11. The van der Waals surface area contributed by atoms with Gasteiger partial charge in [-0.2, -0.15) is 0 Å². The molecule has 0 radical (unpaired) electrons. The van der Waals surface area contributed by atoms with Gasteiger partial charge in [0.25, 0.3) is 0 Å². The Morgan fingerprint density at radius 1 is 0.551 bits per heavy atom. The number of ether oxygens (including phenoxy) is 2. The Morgan fingerprint density at radius 2 is 1.00 bits per heavy atom. The van der Waals surface area contributed by atoms with Gasteiger partial charge in [-0.15, -0.1) is 22.7 Å².